The quantitative estimate of drug-likeness (QED) is 0.250. The van der Waals surface area contributed by atoms with Gasteiger partial charge in [0.1, 0.15) is 18.4 Å². The van der Waals surface area contributed by atoms with Crippen LogP contribution in [0.1, 0.15) is 23.3 Å². The van der Waals surface area contributed by atoms with Crippen molar-refractivity contribution in [3.05, 3.63) is 103 Å². The highest BCUT2D eigenvalue weighted by Gasteiger charge is 2.40. The summed E-state index contributed by atoms with van der Waals surface area (Å²) in [4.78, 5) is 38.5. The Hall–Kier alpha value is -5.30. The van der Waals surface area contributed by atoms with Crippen molar-refractivity contribution in [2.75, 3.05) is 26.7 Å². The normalized spacial score (nSPS) is 15.9. The molecule has 1 atom stereocenters. The number of hydrogen-bond acceptors (Lipinski definition) is 7. The van der Waals surface area contributed by atoms with Crippen LogP contribution >= 0.6 is 0 Å². The maximum Gasteiger partial charge on any atom is 0.449 e. The molecule has 13 heteroatoms. The molecule has 0 spiro atoms. The topological polar surface area (TPSA) is 105 Å². The standard InChI is InChI=1S/C33H29F3N8O2/c1-46-31-23(15-22-8-2-3-9-24(22)40-31)26-17-38-30(39-26)28-19-42(18-21-7-6-12-37-16-21)13-14-43(28)29(45)20-44-27-11-5-4-10-25(27)41-32(44)33(34,35)36/h2-12,15-17,28H,13-14,18-20H2,1H3,(H,38,39)/t28-/m0/s1. The Morgan fingerprint density at radius 3 is 2.59 bits per heavy atom. The van der Waals surface area contributed by atoms with Gasteiger partial charge in [0.05, 0.1) is 41.1 Å². The maximum atomic E-state index is 14.1. The molecule has 5 heterocycles. The molecule has 10 nitrogen and oxygen atoms in total. The van der Waals surface area contributed by atoms with Crippen molar-refractivity contribution < 1.29 is 22.7 Å². The van der Waals surface area contributed by atoms with E-state index in [-0.39, 0.29) is 17.6 Å². The first-order chi connectivity index (χ1) is 22.3. The number of pyridine rings is 2. The number of benzene rings is 2. The van der Waals surface area contributed by atoms with Gasteiger partial charge in [0.15, 0.2) is 0 Å². The summed E-state index contributed by atoms with van der Waals surface area (Å²) in [6.07, 6.45) is 0.430. The summed E-state index contributed by atoms with van der Waals surface area (Å²) in [5.41, 5.74) is 3.54. The second-order valence-electron chi connectivity index (χ2n) is 11.1. The van der Waals surface area contributed by atoms with E-state index < -0.39 is 30.5 Å². The third-order valence-corrected chi connectivity index (χ3v) is 8.20. The summed E-state index contributed by atoms with van der Waals surface area (Å²) >= 11 is 0. The number of H-pyrrole nitrogens is 1. The van der Waals surface area contributed by atoms with Crippen molar-refractivity contribution in [2.45, 2.75) is 25.3 Å². The number of carbonyl (C=O) groups excluding carboxylic acids is 1. The van der Waals surface area contributed by atoms with Gasteiger partial charge < -0.3 is 19.2 Å². The average molecular weight is 627 g/mol. The van der Waals surface area contributed by atoms with Crippen LogP contribution in [0.3, 0.4) is 0 Å². The molecule has 7 rings (SSSR count). The Labute approximate surface area is 261 Å². The monoisotopic (exact) mass is 626 g/mol. The van der Waals surface area contributed by atoms with Crippen LogP contribution in [0.4, 0.5) is 13.2 Å². The number of nitrogens with one attached hydrogen (secondary N) is 1. The number of nitrogens with zero attached hydrogens (tertiary/aromatic N) is 7. The Morgan fingerprint density at radius 2 is 1.80 bits per heavy atom. The fourth-order valence-corrected chi connectivity index (χ4v) is 6.03. The molecular formula is C33H29F3N8O2. The third-order valence-electron chi connectivity index (χ3n) is 8.20. The van der Waals surface area contributed by atoms with E-state index >= 15 is 0 Å². The highest BCUT2D eigenvalue weighted by molar-refractivity contribution is 5.85. The number of halogens is 3. The molecule has 0 bridgehead atoms. The second-order valence-corrected chi connectivity index (χ2v) is 11.1. The number of methoxy groups -OCH3 is 1. The summed E-state index contributed by atoms with van der Waals surface area (Å²) in [7, 11) is 1.55. The van der Waals surface area contributed by atoms with Crippen LogP contribution in [-0.2, 0) is 24.1 Å². The minimum absolute atomic E-state index is 0.175. The van der Waals surface area contributed by atoms with Crippen molar-refractivity contribution in [1.82, 2.24) is 39.3 Å². The molecule has 1 aliphatic heterocycles. The van der Waals surface area contributed by atoms with Crippen molar-refractivity contribution >= 4 is 27.8 Å². The number of aromatic nitrogens is 6. The first-order valence-electron chi connectivity index (χ1n) is 14.7. The van der Waals surface area contributed by atoms with Crippen LogP contribution in [0, 0.1) is 0 Å². The summed E-state index contributed by atoms with van der Waals surface area (Å²) < 4.78 is 48.7. The molecule has 4 aromatic heterocycles. The van der Waals surface area contributed by atoms with Crippen LogP contribution in [0.5, 0.6) is 5.88 Å². The van der Waals surface area contributed by atoms with E-state index in [0.717, 1.165) is 21.0 Å². The number of hydrogen-bond donors (Lipinski definition) is 1. The third kappa shape index (κ3) is 5.65. The first kappa shape index (κ1) is 29.4. The zero-order chi connectivity index (χ0) is 31.8. The molecular weight excluding hydrogens is 597 g/mol. The van der Waals surface area contributed by atoms with Gasteiger partial charge in [-0.2, -0.15) is 13.2 Å². The molecule has 1 fully saturated rings. The molecule has 234 valence electrons. The lowest BCUT2D eigenvalue weighted by Crippen LogP contribution is -2.51. The van der Waals surface area contributed by atoms with Gasteiger partial charge >= 0.3 is 6.18 Å². The van der Waals surface area contributed by atoms with E-state index in [1.54, 1.807) is 42.7 Å². The van der Waals surface area contributed by atoms with E-state index in [1.807, 2.05) is 42.5 Å². The van der Waals surface area contributed by atoms with Gasteiger partial charge in [0.25, 0.3) is 0 Å². The van der Waals surface area contributed by atoms with Gasteiger partial charge in [0, 0.05) is 44.0 Å². The van der Waals surface area contributed by atoms with Crippen LogP contribution < -0.4 is 4.74 Å². The van der Waals surface area contributed by atoms with Gasteiger partial charge in [0.2, 0.25) is 17.6 Å². The minimum Gasteiger partial charge on any atom is -0.480 e. The van der Waals surface area contributed by atoms with Crippen LogP contribution in [0.25, 0.3) is 33.2 Å². The Morgan fingerprint density at radius 1 is 1.00 bits per heavy atom. The first-order valence-corrected chi connectivity index (χ1v) is 14.7. The lowest BCUT2D eigenvalue weighted by atomic mass is 10.1. The molecule has 1 aliphatic rings. The summed E-state index contributed by atoms with van der Waals surface area (Å²) in [6, 6.07) is 19.2. The highest BCUT2D eigenvalue weighted by atomic mass is 19.4. The smallest absolute Gasteiger partial charge is 0.449 e. The number of imidazole rings is 2. The fraction of sp³-hybridized carbons (Fsp3) is 0.242. The predicted molar refractivity (Wildman–Crippen MR) is 165 cm³/mol. The number of rotatable bonds is 7. The zero-order valence-electron chi connectivity index (χ0n) is 24.8. The lowest BCUT2D eigenvalue weighted by molar-refractivity contribution is -0.148. The molecule has 46 heavy (non-hydrogen) atoms. The van der Waals surface area contributed by atoms with Crippen molar-refractivity contribution in [3.8, 4) is 17.1 Å². The summed E-state index contributed by atoms with van der Waals surface area (Å²) in [6.45, 7) is 1.27. The van der Waals surface area contributed by atoms with Gasteiger partial charge in [-0.25, -0.2) is 15.0 Å². The number of amides is 1. The number of fused-ring (bicyclic) bond motifs is 2. The molecule has 0 radical (unpaired) electrons. The van der Waals surface area contributed by atoms with E-state index in [0.29, 0.717) is 42.6 Å². The number of alkyl halides is 3. The number of para-hydroxylation sites is 3. The SMILES string of the molecule is COc1nc2ccccc2cc1-c1cnc([C@@H]2CN(Cc3cccnc3)CCN2C(=O)Cn2c(C(F)(F)F)nc3ccccc32)[nH]1. The second kappa shape index (κ2) is 11.9. The fourth-order valence-electron chi connectivity index (χ4n) is 6.03. The molecule has 6 aromatic rings. The van der Waals surface area contributed by atoms with Gasteiger partial charge in [-0.05, 0) is 35.9 Å². The highest BCUT2D eigenvalue weighted by Crippen LogP contribution is 2.34. The number of piperazine rings is 1. The van der Waals surface area contributed by atoms with E-state index in [1.165, 1.54) is 12.1 Å². The predicted octanol–water partition coefficient (Wildman–Crippen LogP) is 5.48. The van der Waals surface area contributed by atoms with E-state index in [4.69, 9.17) is 4.74 Å². The summed E-state index contributed by atoms with van der Waals surface area (Å²) in [5, 5.41) is 0.916. The van der Waals surface area contributed by atoms with Crippen LogP contribution in [0.15, 0.2) is 85.3 Å². The minimum atomic E-state index is -4.73. The Kier molecular flexibility index (Phi) is 7.61. The molecule has 2 aromatic carbocycles. The average Bonchev–Trinajstić information content (AvgIpc) is 3.70. The van der Waals surface area contributed by atoms with Crippen molar-refractivity contribution in [2.24, 2.45) is 0 Å². The van der Waals surface area contributed by atoms with Gasteiger partial charge in [-0.1, -0.05) is 36.4 Å². The van der Waals surface area contributed by atoms with Crippen molar-refractivity contribution in [3.63, 3.8) is 0 Å². The lowest BCUT2D eigenvalue weighted by Gasteiger charge is -2.40. The number of carbonyl (C=O) groups is 1. The van der Waals surface area contributed by atoms with E-state index in [2.05, 4.69) is 29.8 Å². The largest absolute Gasteiger partial charge is 0.480 e. The molecule has 1 amide bonds. The van der Waals surface area contributed by atoms with Gasteiger partial charge in [-0.3, -0.25) is 14.7 Å². The molecule has 0 unspecified atom stereocenters. The molecule has 1 N–H and O–H groups in total. The molecule has 0 saturated carbocycles. The van der Waals surface area contributed by atoms with Crippen LogP contribution in [-0.4, -0.2) is 71.9 Å². The van der Waals surface area contributed by atoms with E-state index in [9.17, 15) is 18.0 Å². The van der Waals surface area contributed by atoms with Crippen LogP contribution in [0.2, 0.25) is 0 Å². The zero-order valence-corrected chi connectivity index (χ0v) is 24.8. The summed E-state index contributed by atoms with van der Waals surface area (Å²) in [5.74, 6) is -0.663. The Bertz CT molecular complexity index is 2020. The van der Waals surface area contributed by atoms with Gasteiger partial charge in [-0.15, -0.1) is 0 Å². The molecule has 1 saturated heterocycles. The van der Waals surface area contributed by atoms with Crippen molar-refractivity contribution in [1.29, 1.82) is 0 Å². The Balaban J connectivity index is 1.24. The molecule has 0 aliphatic carbocycles. The number of aromatic amines is 1. The maximum absolute atomic E-state index is 14.1. The number of ether oxygens (including phenoxy) is 1.